The highest BCUT2D eigenvalue weighted by Crippen LogP contribution is 2.28. The molecular weight excluding hydrogens is 347 g/mol. The molecular formula is C16H16ClFN6O. The van der Waals surface area contributed by atoms with Crippen LogP contribution >= 0.6 is 11.6 Å². The molecule has 0 saturated carbocycles. The summed E-state index contributed by atoms with van der Waals surface area (Å²) in [6.45, 7) is 0.652. The number of fused-ring (bicyclic) bond motifs is 1. The van der Waals surface area contributed by atoms with Crippen molar-refractivity contribution in [2.24, 2.45) is 4.99 Å². The van der Waals surface area contributed by atoms with E-state index in [2.05, 4.69) is 30.9 Å². The molecule has 2 atom stereocenters. The number of pyridine rings is 1. The standard InChI is InChI=1S/C16H16ClFN6O/c17-8-4-9-10(6-21-13(9)20-5-8)14-22-7-11(18)15(24-14)23-12-2-1-3-19-16(12)25/h4-7,12,14,23-24H,1-3H2,(H,19,25)(H,20,21)/t12-,14?/m0/s1. The van der Waals surface area contributed by atoms with Gasteiger partial charge in [0.25, 0.3) is 0 Å². The van der Waals surface area contributed by atoms with Crippen LogP contribution in [0.1, 0.15) is 24.6 Å². The second-order valence-electron chi connectivity index (χ2n) is 5.97. The number of amides is 1. The second-order valence-corrected chi connectivity index (χ2v) is 6.41. The number of aromatic nitrogens is 2. The maximum atomic E-state index is 14.2. The summed E-state index contributed by atoms with van der Waals surface area (Å²) in [5, 5.41) is 10.0. The number of piperidine rings is 1. The molecule has 2 aromatic rings. The first-order valence-corrected chi connectivity index (χ1v) is 8.36. The van der Waals surface area contributed by atoms with Crippen molar-refractivity contribution in [2.45, 2.75) is 25.0 Å². The number of aliphatic imine (C=N–C) groups is 1. The SMILES string of the molecule is O=C1NCCC[C@@H]1NC1=C(F)C=NC(c2c[nH]c3ncc(Cl)cc23)N1. The van der Waals surface area contributed by atoms with Gasteiger partial charge in [0.2, 0.25) is 5.91 Å². The molecule has 7 nitrogen and oxygen atoms in total. The smallest absolute Gasteiger partial charge is 0.242 e. The number of aromatic amines is 1. The molecule has 1 unspecified atom stereocenters. The van der Waals surface area contributed by atoms with Crippen LogP contribution in [-0.4, -0.2) is 34.7 Å². The number of rotatable bonds is 3. The van der Waals surface area contributed by atoms with Gasteiger partial charge in [-0.2, -0.15) is 0 Å². The molecule has 130 valence electrons. The molecule has 2 aliphatic rings. The molecule has 4 heterocycles. The highest BCUT2D eigenvalue weighted by Gasteiger charge is 2.27. The zero-order valence-corrected chi connectivity index (χ0v) is 13.9. The number of carbonyl (C=O) groups is 1. The molecule has 1 amide bonds. The normalized spacial score (nSPS) is 23.5. The van der Waals surface area contributed by atoms with Crippen LogP contribution in [0, 0.1) is 0 Å². The predicted octanol–water partition coefficient (Wildman–Crippen LogP) is 1.90. The lowest BCUT2D eigenvalue weighted by Crippen LogP contribution is -2.50. The van der Waals surface area contributed by atoms with Gasteiger partial charge in [-0.15, -0.1) is 0 Å². The Morgan fingerprint density at radius 1 is 1.40 bits per heavy atom. The van der Waals surface area contributed by atoms with Crippen molar-refractivity contribution < 1.29 is 9.18 Å². The molecule has 0 aromatic carbocycles. The van der Waals surface area contributed by atoms with Gasteiger partial charge in [-0.25, -0.2) is 9.37 Å². The quantitative estimate of drug-likeness (QED) is 0.670. The van der Waals surface area contributed by atoms with Gasteiger partial charge in [0.05, 0.1) is 11.2 Å². The van der Waals surface area contributed by atoms with Crippen molar-refractivity contribution in [2.75, 3.05) is 6.54 Å². The molecule has 1 saturated heterocycles. The third kappa shape index (κ3) is 3.05. The molecule has 0 radical (unpaired) electrons. The van der Waals surface area contributed by atoms with Crippen LogP contribution in [0.5, 0.6) is 0 Å². The monoisotopic (exact) mass is 362 g/mol. The van der Waals surface area contributed by atoms with Crippen molar-refractivity contribution in [1.29, 1.82) is 0 Å². The van der Waals surface area contributed by atoms with E-state index < -0.39 is 18.0 Å². The minimum Gasteiger partial charge on any atom is -0.358 e. The molecule has 4 N–H and O–H groups in total. The summed E-state index contributed by atoms with van der Waals surface area (Å²) >= 11 is 6.02. The minimum absolute atomic E-state index is 0.129. The third-order valence-corrected chi connectivity index (χ3v) is 4.49. The number of nitrogens with zero attached hydrogens (tertiary/aromatic N) is 2. The number of H-pyrrole nitrogens is 1. The number of hydrogen-bond acceptors (Lipinski definition) is 5. The van der Waals surface area contributed by atoms with Crippen molar-refractivity contribution in [3.8, 4) is 0 Å². The Kier molecular flexibility index (Phi) is 4.04. The Bertz CT molecular complexity index is 892. The summed E-state index contributed by atoms with van der Waals surface area (Å²) in [7, 11) is 0. The van der Waals surface area contributed by atoms with E-state index in [1.807, 2.05) is 0 Å². The van der Waals surface area contributed by atoms with Crippen LogP contribution in [0.4, 0.5) is 4.39 Å². The zero-order chi connectivity index (χ0) is 17.4. The number of nitrogens with one attached hydrogen (secondary N) is 4. The number of halogens is 2. The van der Waals surface area contributed by atoms with E-state index >= 15 is 0 Å². The van der Waals surface area contributed by atoms with Gasteiger partial charge < -0.3 is 20.9 Å². The number of carbonyl (C=O) groups excluding carboxylic acids is 1. The third-order valence-electron chi connectivity index (χ3n) is 4.29. The van der Waals surface area contributed by atoms with Gasteiger partial charge in [0.1, 0.15) is 23.7 Å². The average Bonchev–Trinajstić information content (AvgIpc) is 3.02. The van der Waals surface area contributed by atoms with Gasteiger partial charge in [0.15, 0.2) is 5.83 Å². The molecule has 25 heavy (non-hydrogen) atoms. The highest BCUT2D eigenvalue weighted by molar-refractivity contribution is 6.31. The predicted molar refractivity (Wildman–Crippen MR) is 92.8 cm³/mol. The Morgan fingerprint density at radius 3 is 3.12 bits per heavy atom. The summed E-state index contributed by atoms with van der Waals surface area (Å²) in [6, 6.07) is 1.32. The summed E-state index contributed by atoms with van der Waals surface area (Å²) < 4.78 is 14.2. The van der Waals surface area contributed by atoms with Crippen molar-refractivity contribution in [3.63, 3.8) is 0 Å². The van der Waals surface area contributed by atoms with Crippen LogP contribution in [0.25, 0.3) is 11.0 Å². The van der Waals surface area contributed by atoms with E-state index in [1.54, 1.807) is 18.5 Å². The first-order chi connectivity index (χ1) is 12.1. The lowest BCUT2D eigenvalue weighted by molar-refractivity contribution is -0.124. The molecule has 2 aliphatic heterocycles. The van der Waals surface area contributed by atoms with E-state index in [1.165, 1.54) is 0 Å². The van der Waals surface area contributed by atoms with Crippen molar-refractivity contribution >= 4 is 34.8 Å². The largest absolute Gasteiger partial charge is 0.358 e. The average molecular weight is 363 g/mol. The molecule has 2 aromatic heterocycles. The van der Waals surface area contributed by atoms with Gasteiger partial charge in [-0.05, 0) is 18.9 Å². The molecule has 0 bridgehead atoms. The van der Waals surface area contributed by atoms with E-state index in [9.17, 15) is 9.18 Å². The second kappa shape index (κ2) is 6.36. The number of hydrogen-bond donors (Lipinski definition) is 4. The van der Waals surface area contributed by atoms with Crippen LogP contribution in [0.2, 0.25) is 5.02 Å². The number of allylic oxidation sites excluding steroid dienone is 1. The summed E-state index contributed by atoms with van der Waals surface area (Å²) in [6.07, 6.45) is 5.46. The maximum absolute atomic E-state index is 14.2. The van der Waals surface area contributed by atoms with Crippen molar-refractivity contribution in [1.82, 2.24) is 25.9 Å². The molecule has 1 fully saturated rings. The lowest BCUT2D eigenvalue weighted by Gasteiger charge is -2.28. The zero-order valence-electron chi connectivity index (χ0n) is 13.1. The van der Waals surface area contributed by atoms with Crippen LogP contribution < -0.4 is 16.0 Å². The molecule has 0 aliphatic carbocycles. The topological polar surface area (TPSA) is 94.2 Å². The fraction of sp³-hybridized carbons (Fsp3) is 0.312. The van der Waals surface area contributed by atoms with E-state index in [4.69, 9.17) is 11.6 Å². The maximum Gasteiger partial charge on any atom is 0.242 e. The van der Waals surface area contributed by atoms with Crippen LogP contribution in [0.15, 0.2) is 35.1 Å². The van der Waals surface area contributed by atoms with E-state index in [0.717, 1.165) is 23.6 Å². The molecule has 4 rings (SSSR count). The van der Waals surface area contributed by atoms with Crippen LogP contribution in [-0.2, 0) is 4.79 Å². The Balaban J connectivity index is 1.58. The van der Waals surface area contributed by atoms with Gasteiger partial charge in [-0.3, -0.25) is 9.79 Å². The van der Waals surface area contributed by atoms with E-state index in [-0.39, 0.29) is 11.7 Å². The van der Waals surface area contributed by atoms with Crippen molar-refractivity contribution in [3.05, 3.63) is 40.7 Å². The first kappa shape index (κ1) is 15.9. The summed E-state index contributed by atoms with van der Waals surface area (Å²) in [5.74, 6) is -0.507. The lowest BCUT2D eigenvalue weighted by atomic mass is 10.1. The molecule has 9 heteroatoms. The minimum atomic E-state index is -0.536. The Morgan fingerprint density at radius 2 is 2.28 bits per heavy atom. The Hall–Kier alpha value is -2.61. The van der Waals surface area contributed by atoms with Crippen LogP contribution in [0.3, 0.4) is 0 Å². The fourth-order valence-corrected chi connectivity index (χ4v) is 3.18. The van der Waals surface area contributed by atoms with Gasteiger partial charge in [0, 0.05) is 29.9 Å². The summed E-state index contributed by atoms with van der Waals surface area (Å²) in [4.78, 5) is 23.3. The fourth-order valence-electron chi connectivity index (χ4n) is 3.02. The van der Waals surface area contributed by atoms with E-state index in [0.29, 0.717) is 23.6 Å². The summed E-state index contributed by atoms with van der Waals surface area (Å²) in [5.41, 5.74) is 1.47. The van der Waals surface area contributed by atoms with Gasteiger partial charge in [-0.1, -0.05) is 11.6 Å². The van der Waals surface area contributed by atoms with Gasteiger partial charge >= 0.3 is 0 Å². The molecule has 0 spiro atoms. The highest BCUT2D eigenvalue weighted by atomic mass is 35.5. The first-order valence-electron chi connectivity index (χ1n) is 7.98. The Labute approximate surface area is 147 Å².